The van der Waals surface area contributed by atoms with Crippen LogP contribution in [0.4, 0.5) is 0 Å². The van der Waals surface area contributed by atoms with Crippen LogP contribution in [0.1, 0.15) is 48.7 Å². The molecule has 0 bridgehead atoms. The molecule has 0 heterocycles. The number of ketones is 1. The highest BCUT2D eigenvalue weighted by Gasteiger charge is 2.44. The molecule has 2 aromatic rings. The van der Waals surface area contributed by atoms with Gasteiger partial charge in [0.15, 0.2) is 5.78 Å². The number of fused-ring (bicyclic) bond motifs is 1. The molecule has 36 heavy (non-hydrogen) atoms. The van der Waals surface area contributed by atoms with E-state index in [2.05, 4.69) is 68.9 Å². The molecule has 194 valence electrons. The number of terminal acetylenes is 1. The maximum absolute atomic E-state index is 12.8. The summed E-state index contributed by atoms with van der Waals surface area (Å²) in [5.41, 5.74) is 3.18. The zero-order valence-corrected chi connectivity index (χ0v) is 23.9. The maximum Gasteiger partial charge on any atom is 0.174 e. The second-order valence-corrected chi connectivity index (χ2v) is 7.53. The molecule has 0 saturated carbocycles. The lowest BCUT2D eigenvalue weighted by molar-refractivity contribution is 0.0891. The highest BCUT2D eigenvalue weighted by atomic mass is 33.1. The van der Waals surface area contributed by atoms with Crippen LogP contribution in [0.2, 0.25) is 0 Å². The SMILES string of the molecule is C#C.C=C.C=C1c2ccccc2C(=O)C1(C)Cc1cccc(OC)c1.CC/C=C\C=C(/C)OC.SS. The molecule has 1 unspecified atom stereocenters. The largest absolute Gasteiger partial charge is 0.501 e. The van der Waals surface area contributed by atoms with Crippen LogP contribution >= 0.6 is 23.3 Å². The van der Waals surface area contributed by atoms with Gasteiger partial charge in [0.05, 0.1) is 25.4 Å². The number of thiol groups is 2. The van der Waals surface area contributed by atoms with Gasteiger partial charge in [0.25, 0.3) is 0 Å². The molecule has 0 aliphatic heterocycles. The normalized spacial score (nSPS) is 15.4. The van der Waals surface area contributed by atoms with Gasteiger partial charge in [0, 0.05) is 5.56 Å². The molecular formula is C31H40O3S2. The van der Waals surface area contributed by atoms with Gasteiger partial charge in [-0.05, 0) is 61.6 Å². The lowest BCUT2D eigenvalue weighted by Gasteiger charge is -2.24. The topological polar surface area (TPSA) is 35.5 Å². The van der Waals surface area contributed by atoms with E-state index in [1.165, 1.54) is 0 Å². The first-order valence-corrected chi connectivity index (χ1v) is 12.8. The van der Waals surface area contributed by atoms with Gasteiger partial charge in [-0.15, -0.1) is 49.3 Å². The number of ether oxygens (including phenoxy) is 2. The van der Waals surface area contributed by atoms with Gasteiger partial charge in [-0.2, -0.15) is 0 Å². The fourth-order valence-corrected chi connectivity index (χ4v) is 3.46. The van der Waals surface area contributed by atoms with Crippen LogP contribution in [-0.4, -0.2) is 20.0 Å². The number of hydrogen-bond acceptors (Lipinski definition) is 5. The van der Waals surface area contributed by atoms with E-state index in [0.29, 0.717) is 6.42 Å². The van der Waals surface area contributed by atoms with Crippen molar-refractivity contribution in [3.8, 4) is 18.6 Å². The van der Waals surface area contributed by atoms with E-state index in [-0.39, 0.29) is 5.78 Å². The molecule has 2 aromatic carbocycles. The Bertz CT molecular complexity index is 984. The van der Waals surface area contributed by atoms with Crippen LogP contribution < -0.4 is 4.74 Å². The Morgan fingerprint density at radius 2 is 1.64 bits per heavy atom. The summed E-state index contributed by atoms with van der Waals surface area (Å²) in [4.78, 5) is 12.8. The number of methoxy groups -OCH3 is 2. The first kappa shape index (κ1) is 35.1. The van der Waals surface area contributed by atoms with Crippen LogP contribution in [-0.2, 0) is 11.2 Å². The molecule has 0 aromatic heterocycles. The number of carbonyl (C=O) groups excluding carboxylic acids is 1. The minimum Gasteiger partial charge on any atom is -0.501 e. The molecule has 3 nitrogen and oxygen atoms in total. The van der Waals surface area contributed by atoms with Crippen molar-refractivity contribution in [2.45, 2.75) is 33.6 Å². The number of allylic oxidation sites excluding steroid dienone is 5. The van der Waals surface area contributed by atoms with Gasteiger partial charge in [-0.25, -0.2) is 0 Å². The van der Waals surface area contributed by atoms with Gasteiger partial charge in [-0.3, -0.25) is 4.79 Å². The molecule has 0 spiro atoms. The zero-order valence-electron chi connectivity index (χ0n) is 22.2. The van der Waals surface area contributed by atoms with E-state index in [4.69, 9.17) is 9.47 Å². The third-order valence-electron chi connectivity index (χ3n) is 5.38. The van der Waals surface area contributed by atoms with Crippen LogP contribution in [0.15, 0.2) is 92.3 Å². The number of rotatable bonds is 6. The Labute approximate surface area is 229 Å². The molecular weight excluding hydrogens is 484 g/mol. The lowest BCUT2D eigenvalue weighted by atomic mass is 9.77. The van der Waals surface area contributed by atoms with Gasteiger partial charge in [0.1, 0.15) is 5.75 Å². The summed E-state index contributed by atoms with van der Waals surface area (Å²) in [6.45, 7) is 16.2. The van der Waals surface area contributed by atoms with Crippen LogP contribution in [0, 0.1) is 18.3 Å². The van der Waals surface area contributed by atoms with Gasteiger partial charge in [-0.1, -0.05) is 62.1 Å². The van der Waals surface area contributed by atoms with E-state index in [9.17, 15) is 4.79 Å². The van der Waals surface area contributed by atoms with E-state index < -0.39 is 5.41 Å². The fraction of sp³-hybridized carbons (Fsp3) is 0.258. The molecule has 1 aliphatic rings. The quantitative estimate of drug-likeness (QED) is 0.0993. The van der Waals surface area contributed by atoms with E-state index in [0.717, 1.165) is 40.2 Å². The predicted molar refractivity (Wildman–Crippen MR) is 164 cm³/mol. The second kappa shape index (κ2) is 20.2. The molecule has 0 fully saturated rings. The fourth-order valence-electron chi connectivity index (χ4n) is 3.46. The summed E-state index contributed by atoms with van der Waals surface area (Å²) in [5, 5.41) is 0. The third kappa shape index (κ3) is 10.3. The summed E-state index contributed by atoms with van der Waals surface area (Å²) in [7, 11) is 3.32. The third-order valence-corrected chi connectivity index (χ3v) is 5.38. The molecule has 0 N–H and O–H groups in total. The average molecular weight is 525 g/mol. The van der Waals surface area contributed by atoms with Crippen molar-refractivity contribution in [2.24, 2.45) is 5.41 Å². The molecule has 0 saturated heterocycles. The first-order valence-electron chi connectivity index (χ1n) is 11.2. The maximum atomic E-state index is 12.8. The molecule has 1 atom stereocenters. The Hall–Kier alpha value is -3.07. The highest BCUT2D eigenvalue weighted by Crippen LogP contribution is 2.47. The Balaban J connectivity index is 0. The summed E-state index contributed by atoms with van der Waals surface area (Å²) < 4.78 is 10.2. The number of benzene rings is 2. The first-order chi connectivity index (χ1) is 17.4. The van der Waals surface area contributed by atoms with Gasteiger partial charge < -0.3 is 9.47 Å². The van der Waals surface area contributed by atoms with Crippen molar-refractivity contribution < 1.29 is 14.3 Å². The number of hydrogen-bond donors (Lipinski definition) is 2. The van der Waals surface area contributed by atoms with Crippen molar-refractivity contribution in [3.63, 3.8) is 0 Å². The Morgan fingerprint density at radius 3 is 2.14 bits per heavy atom. The van der Waals surface area contributed by atoms with Crippen molar-refractivity contribution in [2.75, 3.05) is 14.2 Å². The minimum atomic E-state index is -0.573. The smallest absolute Gasteiger partial charge is 0.174 e. The van der Waals surface area contributed by atoms with E-state index in [1.807, 2.05) is 74.5 Å². The molecule has 5 heteroatoms. The average Bonchev–Trinajstić information content (AvgIpc) is 3.13. The standard InChI is InChI=1S/C19H18O2.C8H14O.C2H4.C2H2.H2S2/c1-13-16-9-4-5-10-17(16)18(20)19(13,2)12-14-7-6-8-15(11-14)21-3;1-4-5-6-7-8(2)9-3;3*1-2/h4-11H,1,12H2,2-3H3;5-7H,4H2,1-3H3;1-2H2;2*1-2H/b;6-5-,8-7+;;;. The number of carbonyl (C=O) groups is 1. The molecule has 1 aliphatic carbocycles. The molecule has 3 rings (SSSR count). The van der Waals surface area contributed by atoms with Gasteiger partial charge in [0.2, 0.25) is 0 Å². The van der Waals surface area contributed by atoms with Crippen molar-refractivity contribution in [1.82, 2.24) is 0 Å². The van der Waals surface area contributed by atoms with Crippen LogP contribution in [0.5, 0.6) is 5.75 Å². The lowest BCUT2D eigenvalue weighted by Crippen LogP contribution is -2.25. The summed E-state index contributed by atoms with van der Waals surface area (Å²) >= 11 is 6.44. The summed E-state index contributed by atoms with van der Waals surface area (Å²) in [6.07, 6.45) is 15.7. The highest BCUT2D eigenvalue weighted by molar-refractivity contribution is 8.59. The number of Topliss-reactive ketones (excluding diaryl/α,β-unsaturated/α-hetero) is 1. The van der Waals surface area contributed by atoms with Crippen molar-refractivity contribution >= 4 is 34.7 Å². The minimum absolute atomic E-state index is 0.158. The zero-order chi connectivity index (χ0) is 28.1. The van der Waals surface area contributed by atoms with Crippen LogP contribution in [0.25, 0.3) is 5.57 Å². The van der Waals surface area contributed by atoms with E-state index in [1.54, 1.807) is 14.2 Å². The summed E-state index contributed by atoms with van der Waals surface area (Å²) in [6, 6.07) is 15.6. The summed E-state index contributed by atoms with van der Waals surface area (Å²) in [5.74, 6) is 1.91. The van der Waals surface area contributed by atoms with E-state index >= 15 is 0 Å². The van der Waals surface area contributed by atoms with Crippen molar-refractivity contribution in [1.29, 1.82) is 0 Å². The molecule has 0 amide bonds. The van der Waals surface area contributed by atoms with Crippen LogP contribution in [0.3, 0.4) is 0 Å². The van der Waals surface area contributed by atoms with Gasteiger partial charge >= 0.3 is 0 Å². The Morgan fingerprint density at radius 1 is 1.06 bits per heavy atom. The predicted octanol–water partition coefficient (Wildman–Crippen LogP) is 8.47. The Kier molecular flexibility index (Phi) is 19.6. The monoisotopic (exact) mass is 524 g/mol. The van der Waals surface area contributed by atoms with Crippen molar-refractivity contribution in [3.05, 3.63) is 109 Å². The molecule has 0 radical (unpaired) electrons. The second-order valence-electron chi connectivity index (χ2n) is 7.53.